The van der Waals surface area contributed by atoms with E-state index in [-0.39, 0.29) is 0 Å². The number of hydrogen-bond donors (Lipinski definition) is 1. The number of halogens is 1. The summed E-state index contributed by atoms with van der Waals surface area (Å²) in [6.07, 6.45) is 7.20. The summed E-state index contributed by atoms with van der Waals surface area (Å²) in [4.78, 5) is 4.02. The van der Waals surface area contributed by atoms with Crippen molar-refractivity contribution in [2.45, 2.75) is 30.6 Å². The maximum absolute atomic E-state index is 6.13. The van der Waals surface area contributed by atoms with Crippen molar-refractivity contribution in [2.75, 3.05) is 12.8 Å². The van der Waals surface area contributed by atoms with Gasteiger partial charge in [0, 0.05) is 23.7 Å². The van der Waals surface area contributed by atoms with Gasteiger partial charge in [0.25, 0.3) is 0 Å². The Labute approximate surface area is 106 Å². The molecule has 0 saturated carbocycles. The van der Waals surface area contributed by atoms with Crippen LogP contribution in [-0.4, -0.2) is 29.1 Å². The first kappa shape index (κ1) is 12.2. The second-order valence-corrected chi connectivity index (χ2v) is 5.87. The predicted molar refractivity (Wildman–Crippen MR) is 71.3 cm³/mol. The molecule has 4 heteroatoms. The summed E-state index contributed by atoms with van der Waals surface area (Å²) in [5, 5.41) is 4.93. The lowest BCUT2D eigenvalue weighted by Gasteiger charge is -2.22. The number of thioether (sulfide) groups is 1. The average molecular weight is 257 g/mol. The highest BCUT2D eigenvalue weighted by Gasteiger charge is 2.24. The second kappa shape index (κ2) is 5.89. The molecule has 2 rings (SSSR count). The summed E-state index contributed by atoms with van der Waals surface area (Å²) in [6.45, 7) is 0. The van der Waals surface area contributed by atoms with E-state index in [1.165, 1.54) is 24.2 Å². The topological polar surface area (TPSA) is 24.9 Å². The average Bonchev–Trinajstić information content (AvgIpc) is 2.81. The minimum atomic E-state index is 0.521. The third kappa shape index (κ3) is 2.90. The lowest BCUT2D eigenvalue weighted by molar-refractivity contribution is 0.524. The molecular weight excluding hydrogens is 240 g/mol. The number of rotatable bonds is 4. The van der Waals surface area contributed by atoms with Crippen molar-refractivity contribution in [3.63, 3.8) is 0 Å². The Morgan fingerprint density at radius 2 is 2.56 bits per heavy atom. The number of nitrogens with zero attached hydrogens (tertiary/aromatic N) is 1. The van der Waals surface area contributed by atoms with Gasteiger partial charge < -0.3 is 5.32 Å². The number of hydrogen-bond acceptors (Lipinski definition) is 3. The zero-order valence-electron chi connectivity index (χ0n) is 9.45. The van der Waals surface area contributed by atoms with Gasteiger partial charge in [-0.3, -0.25) is 4.98 Å². The Hall–Kier alpha value is -0.250. The smallest absolute Gasteiger partial charge is 0.0621 e. The minimum absolute atomic E-state index is 0.521. The maximum Gasteiger partial charge on any atom is 0.0621 e. The lowest BCUT2D eigenvalue weighted by Crippen LogP contribution is -2.36. The van der Waals surface area contributed by atoms with Gasteiger partial charge in [-0.05, 0) is 43.7 Å². The zero-order chi connectivity index (χ0) is 11.4. The van der Waals surface area contributed by atoms with Crippen LogP contribution in [0.1, 0.15) is 18.4 Å². The molecule has 1 saturated heterocycles. The van der Waals surface area contributed by atoms with Crippen molar-refractivity contribution in [3.05, 3.63) is 29.0 Å². The van der Waals surface area contributed by atoms with Gasteiger partial charge in [-0.25, -0.2) is 0 Å². The number of aromatic nitrogens is 1. The lowest BCUT2D eigenvalue weighted by atomic mass is 10.0. The zero-order valence-corrected chi connectivity index (χ0v) is 11.0. The van der Waals surface area contributed by atoms with Gasteiger partial charge in [0.1, 0.15) is 0 Å². The van der Waals surface area contributed by atoms with E-state index in [0.717, 1.165) is 16.7 Å². The minimum Gasteiger partial charge on any atom is -0.316 e. The van der Waals surface area contributed by atoms with Crippen molar-refractivity contribution in [2.24, 2.45) is 0 Å². The van der Waals surface area contributed by atoms with E-state index in [0.29, 0.717) is 6.04 Å². The first-order valence-corrected chi connectivity index (χ1v) is 7.11. The monoisotopic (exact) mass is 256 g/mol. The molecule has 88 valence electrons. The number of nitrogens with one attached hydrogen (secondary N) is 1. The van der Waals surface area contributed by atoms with E-state index in [4.69, 9.17) is 11.6 Å². The van der Waals surface area contributed by atoms with Gasteiger partial charge in [0.15, 0.2) is 0 Å². The molecule has 2 atom stereocenters. The van der Waals surface area contributed by atoms with Crippen LogP contribution in [0.25, 0.3) is 0 Å². The Bertz CT molecular complexity index is 340. The second-order valence-electron chi connectivity index (χ2n) is 4.12. The standard InChI is InChI=1S/C12H17ClN2S/c1-14-11(12-3-2-6-16-12)7-9-4-5-15-8-10(9)13/h4-5,8,11-12,14H,2-3,6-7H2,1H3. The van der Waals surface area contributed by atoms with Gasteiger partial charge >= 0.3 is 0 Å². The molecule has 2 nitrogen and oxygen atoms in total. The third-order valence-electron chi connectivity index (χ3n) is 3.08. The normalized spacial score (nSPS) is 22.2. The highest BCUT2D eigenvalue weighted by molar-refractivity contribution is 8.00. The van der Waals surface area contributed by atoms with E-state index in [1.54, 1.807) is 6.20 Å². The Balaban J connectivity index is 2.03. The fourth-order valence-electron chi connectivity index (χ4n) is 2.15. The van der Waals surface area contributed by atoms with Gasteiger partial charge in [-0.1, -0.05) is 11.6 Å². The van der Waals surface area contributed by atoms with E-state index in [9.17, 15) is 0 Å². The molecule has 0 bridgehead atoms. The van der Waals surface area contributed by atoms with Crippen LogP contribution >= 0.6 is 23.4 Å². The van der Waals surface area contributed by atoms with Gasteiger partial charge in [0.2, 0.25) is 0 Å². The highest BCUT2D eigenvalue weighted by Crippen LogP contribution is 2.30. The van der Waals surface area contributed by atoms with Crippen molar-refractivity contribution in [3.8, 4) is 0 Å². The van der Waals surface area contributed by atoms with Crippen LogP contribution in [0.15, 0.2) is 18.5 Å². The number of likely N-dealkylation sites (N-methyl/N-ethyl adjacent to an activating group) is 1. The van der Waals surface area contributed by atoms with E-state index in [2.05, 4.69) is 22.1 Å². The third-order valence-corrected chi connectivity index (χ3v) is 4.94. The van der Waals surface area contributed by atoms with Gasteiger partial charge in [-0.2, -0.15) is 11.8 Å². The molecule has 1 aromatic rings. The highest BCUT2D eigenvalue weighted by atomic mass is 35.5. The van der Waals surface area contributed by atoms with Crippen molar-refractivity contribution >= 4 is 23.4 Å². The number of pyridine rings is 1. The molecule has 1 aliphatic rings. The maximum atomic E-state index is 6.13. The van der Waals surface area contributed by atoms with Gasteiger partial charge in [0.05, 0.1) is 5.02 Å². The summed E-state index contributed by atoms with van der Waals surface area (Å²) in [5.41, 5.74) is 1.20. The Morgan fingerprint density at radius 1 is 1.69 bits per heavy atom. The van der Waals surface area contributed by atoms with E-state index >= 15 is 0 Å². The van der Waals surface area contributed by atoms with Gasteiger partial charge in [-0.15, -0.1) is 0 Å². The van der Waals surface area contributed by atoms with Crippen LogP contribution in [-0.2, 0) is 6.42 Å². The Kier molecular flexibility index (Phi) is 4.50. The molecule has 1 N–H and O–H groups in total. The largest absolute Gasteiger partial charge is 0.316 e. The molecule has 0 spiro atoms. The summed E-state index contributed by atoms with van der Waals surface area (Å²) >= 11 is 8.21. The van der Waals surface area contributed by atoms with Crippen molar-refractivity contribution < 1.29 is 0 Å². The van der Waals surface area contributed by atoms with E-state index < -0.39 is 0 Å². The Morgan fingerprint density at radius 3 is 3.19 bits per heavy atom. The first-order valence-electron chi connectivity index (χ1n) is 5.68. The summed E-state index contributed by atoms with van der Waals surface area (Å²) < 4.78 is 0. The molecule has 16 heavy (non-hydrogen) atoms. The predicted octanol–water partition coefficient (Wildman–Crippen LogP) is 2.76. The fraction of sp³-hybridized carbons (Fsp3) is 0.583. The molecule has 1 aromatic heterocycles. The molecular formula is C12H17ClN2S. The van der Waals surface area contributed by atoms with E-state index in [1.807, 2.05) is 19.3 Å². The summed E-state index contributed by atoms with van der Waals surface area (Å²) in [5.74, 6) is 1.30. The summed E-state index contributed by atoms with van der Waals surface area (Å²) in [6, 6.07) is 2.54. The quantitative estimate of drug-likeness (QED) is 0.897. The molecule has 0 amide bonds. The molecule has 2 unspecified atom stereocenters. The van der Waals surface area contributed by atoms with Crippen LogP contribution in [0, 0.1) is 0 Å². The van der Waals surface area contributed by atoms with Crippen LogP contribution in [0.5, 0.6) is 0 Å². The summed E-state index contributed by atoms with van der Waals surface area (Å²) in [7, 11) is 2.04. The first-order chi connectivity index (χ1) is 7.81. The molecule has 1 aliphatic heterocycles. The van der Waals surface area contributed by atoms with Crippen LogP contribution in [0.4, 0.5) is 0 Å². The molecule has 0 radical (unpaired) electrons. The fourth-order valence-corrected chi connectivity index (χ4v) is 3.78. The van der Waals surface area contributed by atoms with Crippen molar-refractivity contribution in [1.82, 2.24) is 10.3 Å². The molecule has 1 fully saturated rings. The molecule has 2 heterocycles. The molecule has 0 aromatic carbocycles. The van der Waals surface area contributed by atoms with Crippen molar-refractivity contribution in [1.29, 1.82) is 0 Å². The van der Waals surface area contributed by atoms with Crippen LogP contribution < -0.4 is 5.32 Å². The van der Waals surface area contributed by atoms with Crippen LogP contribution in [0.2, 0.25) is 5.02 Å². The molecule has 0 aliphatic carbocycles. The SMILES string of the molecule is CNC(Cc1ccncc1Cl)C1CCCS1. The van der Waals surface area contributed by atoms with Crippen LogP contribution in [0.3, 0.4) is 0 Å².